The van der Waals surface area contributed by atoms with Gasteiger partial charge in [-0.2, -0.15) is 0 Å². The summed E-state index contributed by atoms with van der Waals surface area (Å²) in [6, 6.07) is 0. The van der Waals surface area contributed by atoms with Gasteiger partial charge in [-0.1, -0.05) is 110 Å². The van der Waals surface area contributed by atoms with Gasteiger partial charge in [0, 0.05) is 5.66 Å². The fraction of sp³-hybridized carbons (Fsp3) is 0.962. The number of nitrogens with zero attached hydrogens (tertiary/aromatic N) is 1. The van der Waals surface area contributed by atoms with Crippen LogP contribution in [0.3, 0.4) is 0 Å². The first kappa shape index (κ1) is 29.5. The molecule has 2 aliphatic rings. The van der Waals surface area contributed by atoms with Gasteiger partial charge >= 0.3 is 6.16 Å². The molecule has 0 amide bonds. The third-order valence-corrected chi connectivity index (χ3v) is 11.3. The number of carbonyl (C=O) groups is 1. The van der Waals surface area contributed by atoms with Gasteiger partial charge in [0.25, 0.3) is 0 Å². The third-order valence-electron chi connectivity index (χ3n) is 7.38. The summed E-state index contributed by atoms with van der Waals surface area (Å²) in [6.45, 7) is 6.89. The molecule has 0 bridgehead atoms. The van der Waals surface area contributed by atoms with Crippen molar-refractivity contribution in [1.29, 1.82) is 0 Å². The van der Waals surface area contributed by atoms with Gasteiger partial charge in [-0.25, -0.2) is 4.79 Å². The van der Waals surface area contributed by atoms with Gasteiger partial charge in [0.05, 0.1) is 5.78 Å². The Morgan fingerprint density at radius 1 is 0.750 bits per heavy atom. The van der Waals surface area contributed by atoms with Crippen LogP contribution >= 0.6 is 7.14 Å². The van der Waals surface area contributed by atoms with Crippen molar-refractivity contribution >= 4 is 13.3 Å². The standard InChI is InChI=1S/C25H50NOP.CH2O3/c1-3-5-6-7-8-9-10-11-12-13-14-15-16-18-21-24-25(28(24,27)4-2)26-22-19-17-20-23-26;2-1(3)4/h24-25H,3-23H2,1-2H3;(H2,2,3,4). The predicted octanol–water partition coefficient (Wildman–Crippen LogP) is 8.66. The summed E-state index contributed by atoms with van der Waals surface area (Å²) in [5.41, 5.74) is 0.563. The molecule has 6 heteroatoms. The topological polar surface area (TPSA) is 77.8 Å². The predicted molar refractivity (Wildman–Crippen MR) is 137 cm³/mol. The second kappa shape index (κ2) is 17.9. The molecule has 0 spiro atoms. The Balaban J connectivity index is 0.00000118. The lowest BCUT2D eigenvalue weighted by molar-refractivity contribution is 0.137. The van der Waals surface area contributed by atoms with Crippen LogP contribution in [-0.4, -0.2) is 52.0 Å². The van der Waals surface area contributed by atoms with Gasteiger partial charge in [-0.15, -0.1) is 0 Å². The highest BCUT2D eigenvalue weighted by Gasteiger charge is 2.61. The van der Waals surface area contributed by atoms with E-state index in [0.717, 1.165) is 6.16 Å². The number of unbranched alkanes of at least 4 members (excludes halogenated alkanes) is 13. The first-order valence-electron chi connectivity index (χ1n) is 13.7. The molecule has 0 aromatic carbocycles. The smallest absolute Gasteiger partial charge is 0.450 e. The van der Waals surface area contributed by atoms with Crippen LogP contribution in [-0.2, 0) is 4.57 Å². The average molecular weight is 474 g/mol. The van der Waals surface area contributed by atoms with E-state index >= 15 is 0 Å². The minimum atomic E-state index is -1.85. The normalized spacial score (nSPS) is 25.2. The SMILES string of the molecule is CCCCCCCCCCCCCCCCC1C(N2CCCCC2)P1(=O)CC.O=C(O)O. The maximum Gasteiger partial charge on any atom is 0.503 e. The van der Waals surface area contributed by atoms with E-state index in [1.165, 1.54) is 129 Å². The number of likely N-dealkylation sites (tertiary alicyclic amines) is 1. The molecular weight excluding hydrogens is 421 g/mol. The van der Waals surface area contributed by atoms with E-state index in [1.807, 2.05) is 0 Å². The van der Waals surface area contributed by atoms with Crippen LogP contribution in [0.5, 0.6) is 0 Å². The maximum atomic E-state index is 13.2. The van der Waals surface area contributed by atoms with Gasteiger partial charge in [0.15, 0.2) is 0 Å². The lowest BCUT2D eigenvalue weighted by atomic mass is 10.0. The van der Waals surface area contributed by atoms with Crippen LogP contribution in [0, 0.1) is 0 Å². The Morgan fingerprint density at radius 3 is 1.56 bits per heavy atom. The third kappa shape index (κ3) is 12.1. The summed E-state index contributed by atoms with van der Waals surface area (Å²) < 4.78 is 13.2. The summed E-state index contributed by atoms with van der Waals surface area (Å²) >= 11 is 0. The van der Waals surface area contributed by atoms with Gasteiger partial charge < -0.3 is 14.8 Å². The lowest BCUT2D eigenvalue weighted by Gasteiger charge is -2.26. The highest BCUT2D eigenvalue weighted by atomic mass is 31.2. The van der Waals surface area contributed by atoms with Gasteiger partial charge in [-0.3, -0.25) is 4.90 Å². The van der Waals surface area contributed by atoms with Crippen molar-refractivity contribution in [3.05, 3.63) is 0 Å². The zero-order valence-corrected chi connectivity index (χ0v) is 22.0. The molecule has 3 atom stereocenters. The van der Waals surface area contributed by atoms with Gasteiger partial charge in [0.1, 0.15) is 7.14 Å². The molecule has 0 saturated carbocycles. The maximum absolute atomic E-state index is 13.2. The number of hydrogen-bond donors (Lipinski definition) is 2. The summed E-state index contributed by atoms with van der Waals surface area (Å²) in [5.74, 6) is 0.486. The Morgan fingerprint density at radius 2 is 1.16 bits per heavy atom. The Kier molecular flexibility index (Phi) is 16.5. The van der Waals surface area contributed by atoms with Crippen molar-refractivity contribution in [2.24, 2.45) is 0 Å². The van der Waals surface area contributed by atoms with E-state index in [-0.39, 0.29) is 0 Å². The van der Waals surface area contributed by atoms with Crippen LogP contribution in [0.2, 0.25) is 0 Å². The van der Waals surface area contributed by atoms with E-state index in [2.05, 4.69) is 18.7 Å². The van der Waals surface area contributed by atoms with Crippen molar-refractivity contribution in [1.82, 2.24) is 4.90 Å². The lowest BCUT2D eigenvalue weighted by Crippen LogP contribution is -2.33. The van der Waals surface area contributed by atoms with E-state index in [1.54, 1.807) is 0 Å². The molecule has 3 unspecified atom stereocenters. The Labute approximate surface area is 198 Å². The summed E-state index contributed by atoms with van der Waals surface area (Å²) in [5, 5.41) is 13.9. The Bertz CT molecular complexity index is 518. The number of hydrogen-bond acceptors (Lipinski definition) is 3. The fourth-order valence-electron chi connectivity index (χ4n) is 5.45. The molecule has 5 nitrogen and oxygen atoms in total. The molecule has 2 heterocycles. The van der Waals surface area contributed by atoms with Crippen LogP contribution in [0.15, 0.2) is 0 Å². The second-order valence-electron chi connectivity index (χ2n) is 9.92. The van der Waals surface area contributed by atoms with Gasteiger partial charge in [0.2, 0.25) is 0 Å². The van der Waals surface area contributed by atoms with Crippen molar-refractivity contribution < 1.29 is 19.6 Å². The molecule has 0 aromatic rings. The second-order valence-corrected chi connectivity index (χ2v) is 13.4. The van der Waals surface area contributed by atoms with Crippen molar-refractivity contribution in [2.75, 3.05) is 19.3 Å². The fourth-order valence-corrected chi connectivity index (χ4v) is 9.31. The average Bonchev–Trinajstić information content (AvgIpc) is 3.38. The first-order valence-corrected chi connectivity index (χ1v) is 15.7. The minimum absolute atomic E-state index is 0.486. The quantitative estimate of drug-likeness (QED) is 0.163. The molecule has 190 valence electrons. The van der Waals surface area contributed by atoms with Gasteiger partial charge in [-0.05, 0) is 38.5 Å². The van der Waals surface area contributed by atoms with E-state index in [9.17, 15) is 4.57 Å². The zero-order chi connectivity index (χ0) is 23.7. The molecule has 0 aromatic heterocycles. The highest BCUT2D eigenvalue weighted by molar-refractivity contribution is 7.73. The molecule has 2 fully saturated rings. The molecule has 2 rings (SSSR count). The Hall–Kier alpha value is -0.540. The van der Waals surface area contributed by atoms with Crippen molar-refractivity contribution in [2.45, 2.75) is 141 Å². The number of piperidine rings is 1. The molecular formula is C26H52NO4P. The van der Waals surface area contributed by atoms with E-state index in [0.29, 0.717) is 11.4 Å². The van der Waals surface area contributed by atoms with Crippen molar-refractivity contribution in [3.8, 4) is 0 Å². The number of rotatable bonds is 17. The minimum Gasteiger partial charge on any atom is -0.450 e. The van der Waals surface area contributed by atoms with E-state index in [4.69, 9.17) is 15.0 Å². The molecule has 32 heavy (non-hydrogen) atoms. The summed E-state index contributed by atoms with van der Waals surface area (Å²) in [7, 11) is -1.85. The molecule has 2 N–H and O–H groups in total. The first-order chi connectivity index (χ1) is 15.5. The van der Waals surface area contributed by atoms with Crippen LogP contribution in [0.1, 0.15) is 129 Å². The molecule has 0 radical (unpaired) electrons. The molecule has 2 aliphatic heterocycles. The molecule has 2 saturated heterocycles. The largest absolute Gasteiger partial charge is 0.503 e. The summed E-state index contributed by atoms with van der Waals surface area (Å²) in [4.78, 5) is 11.2. The number of carboxylic acid groups (broad SMARTS) is 2. The van der Waals surface area contributed by atoms with Crippen LogP contribution in [0.25, 0.3) is 0 Å². The molecule has 0 aliphatic carbocycles. The van der Waals surface area contributed by atoms with E-state index < -0.39 is 13.3 Å². The van der Waals surface area contributed by atoms with Crippen LogP contribution < -0.4 is 0 Å². The zero-order valence-electron chi connectivity index (χ0n) is 21.1. The highest BCUT2D eigenvalue weighted by Crippen LogP contribution is 2.76. The van der Waals surface area contributed by atoms with Crippen molar-refractivity contribution in [3.63, 3.8) is 0 Å². The summed E-state index contributed by atoms with van der Waals surface area (Å²) in [6.07, 6.45) is 24.3. The van der Waals surface area contributed by atoms with Crippen LogP contribution in [0.4, 0.5) is 4.79 Å². The monoisotopic (exact) mass is 473 g/mol.